The number of rotatable bonds is 8. The highest BCUT2D eigenvalue weighted by Crippen LogP contribution is 2.35. The maximum atomic E-state index is 14.9. The van der Waals surface area contributed by atoms with E-state index in [4.69, 9.17) is 25.8 Å². The first-order valence-electron chi connectivity index (χ1n) is 14.0. The molecular formula is C28H35ClF4N4O4. The molecular weight excluding hydrogens is 568 g/mol. The number of hydrogen-bond acceptors (Lipinski definition) is 7. The molecule has 0 spiro atoms. The third-order valence-electron chi connectivity index (χ3n) is 8.08. The Hall–Kier alpha value is -2.41. The molecule has 0 amide bonds. The van der Waals surface area contributed by atoms with Crippen LogP contribution in [-0.4, -0.2) is 73.7 Å². The molecule has 1 aliphatic carbocycles. The van der Waals surface area contributed by atoms with Crippen LogP contribution in [0.3, 0.4) is 0 Å². The Balaban J connectivity index is 1.26. The Morgan fingerprint density at radius 2 is 1.85 bits per heavy atom. The number of benzene rings is 1. The van der Waals surface area contributed by atoms with Crippen molar-refractivity contribution in [2.75, 3.05) is 56.3 Å². The summed E-state index contributed by atoms with van der Waals surface area (Å²) in [5.41, 5.74) is -1.70. The Morgan fingerprint density at radius 3 is 2.49 bits per heavy atom. The molecule has 1 aromatic heterocycles. The second-order valence-electron chi connectivity index (χ2n) is 11.0. The summed E-state index contributed by atoms with van der Waals surface area (Å²) < 4.78 is 72.4. The molecule has 2 saturated heterocycles. The zero-order chi connectivity index (χ0) is 29.0. The summed E-state index contributed by atoms with van der Waals surface area (Å²) in [5, 5.41) is 7.24. The molecule has 0 bridgehead atoms. The second kappa shape index (κ2) is 12.8. The fraction of sp³-hybridized carbons (Fsp3) is 0.643. The third-order valence-corrected chi connectivity index (χ3v) is 8.44. The van der Waals surface area contributed by atoms with Crippen molar-refractivity contribution >= 4 is 23.0 Å². The molecule has 1 aromatic carbocycles. The number of aromatic nitrogens is 2. The summed E-state index contributed by atoms with van der Waals surface area (Å²) in [5.74, 6) is 0. The van der Waals surface area contributed by atoms with Crippen LogP contribution < -0.4 is 15.8 Å². The first-order chi connectivity index (χ1) is 19.6. The van der Waals surface area contributed by atoms with Gasteiger partial charge in [0.2, 0.25) is 0 Å². The average Bonchev–Trinajstić information content (AvgIpc) is 2.97. The SMILES string of the molecule is O=c1c(Cl)c(NC[C@@]2(F)CCCOC2)cnn1[C@H]1CC[C@H](N(C[C@@H]2COCCO2)c2ccc(C(F)(F)F)cc2)CC1. The standard InChI is InChI=1S/C28H35ClF4N4O4/c29-25-24(34-17-27(30)10-1-11-40-18-27)14-35-37(26(25)38)22-8-6-21(7-9-22)36(15-23-16-39-12-13-41-23)20-4-2-19(3-5-20)28(31,32)33/h2-5,14,21-23,34H,1,6-13,15-18H2/t21-,22-,23-,27+/m1/s1. The molecule has 0 unspecified atom stereocenters. The van der Waals surface area contributed by atoms with Gasteiger partial charge in [-0.25, -0.2) is 9.07 Å². The normalized spacial score (nSPS) is 27.4. The van der Waals surface area contributed by atoms with Crippen molar-refractivity contribution in [1.29, 1.82) is 0 Å². The molecule has 3 heterocycles. The van der Waals surface area contributed by atoms with Crippen molar-refractivity contribution in [3.05, 3.63) is 51.4 Å². The van der Waals surface area contributed by atoms with E-state index in [-0.39, 0.29) is 42.0 Å². The van der Waals surface area contributed by atoms with Gasteiger partial charge in [-0.3, -0.25) is 4.79 Å². The van der Waals surface area contributed by atoms with E-state index in [0.717, 1.165) is 12.1 Å². The van der Waals surface area contributed by atoms with Crippen LogP contribution in [-0.2, 0) is 20.4 Å². The molecule has 226 valence electrons. The van der Waals surface area contributed by atoms with Gasteiger partial charge in [0.15, 0.2) is 5.67 Å². The number of hydrogen-bond donors (Lipinski definition) is 1. The Morgan fingerprint density at radius 1 is 1.10 bits per heavy atom. The summed E-state index contributed by atoms with van der Waals surface area (Å²) in [6.07, 6.45) is 0.487. The van der Waals surface area contributed by atoms with Crippen LogP contribution in [0.25, 0.3) is 0 Å². The molecule has 2 aliphatic heterocycles. The Labute approximate surface area is 240 Å². The minimum absolute atomic E-state index is 0.00522. The molecule has 8 nitrogen and oxygen atoms in total. The van der Waals surface area contributed by atoms with Gasteiger partial charge in [-0.15, -0.1) is 0 Å². The Bertz CT molecular complexity index is 1210. The predicted octanol–water partition coefficient (Wildman–Crippen LogP) is 5.25. The van der Waals surface area contributed by atoms with E-state index in [1.54, 1.807) is 0 Å². The molecule has 3 fully saturated rings. The highest BCUT2D eigenvalue weighted by atomic mass is 35.5. The van der Waals surface area contributed by atoms with Gasteiger partial charge in [0.25, 0.3) is 5.56 Å². The summed E-state index contributed by atoms with van der Waals surface area (Å²) >= 11 is 6.39. The lowest BCUT2D eigenvalue weighted by Crippen LogP contribution is -2.46. The number of alkyl halides is 4. The van der Waals surface area contributed by atoms with Crippen molar-refractivity contribution in [1.82, 2.24) is 9.78 Å². The summed E-state index contributed by atoms with van der Waals surface area (Å²) in [7, 11) is 0. The molecule has 13 heteroatoms. The summed E-state index contributed by atoms with van der Waals surface area (Å²) in [4.78, 5) is 15.2. The van der Waals surface area contributed by atoms with Crippen molar-refractivity contribution in [2.45, 2.75) is 68.6 Å². The molecule has 5 rings (SSSR count). The van der Waals surface area contributed by atoms with Gasteiger partial charge in [0, 0.05) is 24.9 Å². The van der Waals surface area contributed by atoms with Gasteiger partial charge < -0.3 is 24.4 Å². The molecule has 0 radical (unpaired) electrons. The van der Waals surface area contributed by atoms with E-state index < -0.39 is 23.0 Å². The maximum absolute atomic E-state index is 14.9. The van der Waals surface area contributed by atoms with Crippen LogP contribution in [0.5, 0.6) is 0 Å². The van der Waals surface area contributed by atoms with Gasteiger partial charge in [-0.1, -0.05) is 11.6 Å². The van der Waals surface area contributed by atoms with Gasteiger partial charge >= 0.3 is 6.18 Å². The quantitative estimate of drug-likeness (QED) is 0.414. The van der Waals surface area contributed by atoms with Crippen LogP contribution in [0.15, 0.2) is 35.3 Å². The van der Waals surface area contributed by atoms with E-state index in [0.29, 0.717) is 77.2 Å². The van der Waals surface area contributed by atoms with E-state index in [9.17, 15) is 22.4 Å². The lowest BCUT2D eigenvalue weighted by Gasteiger charge is -2.40. The highest BCUT2D eigenvalue weighted by molar-refractivity contribution is 6.32. The van der Waals surface area contributed by atoms with Crippen molar-refractivity contribution in [2.24, 2.45) is 0 Å². The smallest absolute Gasteiger partial charge is 0.379 e. The molecule has 3 aliphatic rings. The zero-order valence-corrected chi connectivity index (χ0v) is 23.4. The van der Waals surface area contributed by atoms with Crippen LogP contribution in [0.2, 0.25) is 5.02 Å². The summed E-state index contributed by atoms with van der Waals surface area (Å²) in [6, 6.07) is 5.03. The van der Waals surface area contributed by atoms with Gasteiger partial charge in [0.1, 0.15) is 5.02 Å². The van der Waals surface area contributed by atoms with Crippen LogP contribution in [0, 0.1) is 0 Å². The number of nitrogens with one attached hydrogen (secondary N) is 1. The molecule has 2 atom stereocenters. The van der Waals surface area contributed by atoms with Gasteiger partial charge in [0.05, 0.1) is 62.6 Å². The monoisotopic (exact) mass is 602 g/mol. The summed E-state index contributed by atoms with van der Waals surface area (Å²) in [6.45, 7) is 2.39. The van der Waals surface area contributed by atoms with E-state index >= 15 is 0 Å². The van der Waals surface area contributed by atoms with Gasteiger partial charge in [-0.05, 0) is 62.8 Å². The number of anilines is 2. The largest absolute Gasteiger partial charge is 0.416 e. The number of nitrogens with zero attached hydrogens (tertiary/aromatic N) is 3. The van der Waals surface area contributed by atoms with Crippen molar-refractivity contribution in [3.8, 4) is 0 Å². The molecule has 1 saturated carbocycles. The molecule has 1 N–H and O–H groups in total. The van der Waals surface area contributed by atoms with Crippen LogP contribution >= 0.6 is 11.6 Å². The highest BCUT2D eigenvalue weighted by Gasteiger charge is 2.34. The minimum Gasteiger partial charge on any atom is -0.379 e. The third kappa shape index (κ3) is 7.33. The second-order valence-corrected chi connectivity index (χ2v) is 11.4. The minimum atomic E-state index is -4.41. The number of ether oxygens (including phenoxy) is 3. The Kier molecular flexibility index (Phi) is 9.42. The lowest BCUT2D eigenvalue weighted by atomic mass is 9.89. The average molecular weight is 603 g/mol. The first kappa shape index (κ1) is 30.1. The molecule has 41 heavy (non-hydrogen) atoms. The zero-order valence-electron chi connectivity index (χ0n) is 22.7. The first-order valence-corrected chi connectivity index (χ1v) is 14.4. The van der Waals surface area contributed by atoms with Gasteiger partial charge in [-0.2, -0.15) is 18.3 Å². The van der Waals surface area contributed by atoms with E-state index in [1.165, 1.54) is 23.0 Å². The van der Waals surface area contributed by atoms with Crippen molar-refractivity contribution < 1.29 is 31.8 Å². The molecule has 2 aromatic rings. The van der Waals surface area contributed by atoms with Crippen LogP contribution in [0.1, 0.15) is 50.1 Å². The fourth-order valence-electron chi connectivity index (χ4n) is 5.82. The lowest BCUT2D eigenvalue weighted by molar-refractivity contribution is -0.137. The van der Waals surface area contributed by atoms with E-state index in [2.05, 4.69) is 15.3 Å². The number of halogens is 5. The predicted molar refractivity (Wildman–Crippen MR) is 147 cm³/mol. The maximum Gasteiger partial charge on any atom is 0.416 e. The fourth-order valence-corrected chi connectivity index (χ4v) is 6.02. The van der Waals surface area contributed by atoms with E-state index in [1.807, 2.05) is 0 Å². The van der Waals surface area contributed by atoms with Crippen molar-refractivity contribution in [3.63, 3.8) is 0 Å². The van der Waals surface area contributed by atoms with Crippen LogP contribution in [0.4, 0.5) is 28.9 Å². The topological polar surface area (TPSA) is 77.9 Å².